The van der Waals surface area contributed by atoms with Crippen LogP contribution in [0.1, 0.15) is 0 Å². The number of fused-ring (bicyclic) bond motifs is 1. The lowest BCUT2D eigenvalue weighted by molar-refractivity contribution is 0.631. The predicted molar refractivity (Wildman–Crippen MR) is 92.3 cm³/mol. The molecular formula is C20H15NO2. The van der Waals surface area contributed by atoms with Crippen LogP contribution in [-0.2, 0) is 7.05 Å². The minimum Gasteiger partial charge on any atom is -0.455 e. The summed E-state index contributed by atoms with van der Waals surface area (Å²) < 4.78 is 7.67. The molecule has 3 heteroatoms. The van der Waals surface area contributed by atoms with E-state index in [9.17, 15) is 4.79 Å². The summed E-state index contributed by atoms with van der Waals surface area (Å²) >= 11 is 0. The predicted octanol–water partition coefficient (Wildman–Crippen LogP) is 4.47. The molecular weight excluding hydrogens is 286 g/mol. The van der Waals surface area contributed by atoms with Crippen molar-refractivity contribution in [1.82, 2.24) is 4.57 Å². The molecule has 0 amide bonds. The van der Waals surface area contributed by atoms with Crippen LogP contribution in [0.5, 0.6) is 0 Å². The van der Waals surface area contributed by atoms with Crippen LogP contribution in [0.2, 0.25) is 0 Å². The van der Waals surface area contributed by atoms with Gasteiger partial charge in [0.25, 0.3) is 5.56 Å². The van der Waals surface area contributed by atoms with E-state index >= 15 is 0 Å². The number of nitrogens with zero attached hydrogens (tertiary/aromatic N) is 1. The van der Waals surface area contributed by atoms with Crippen molar-refractivity contribution in [2.75, 3.05) is 0 Å². The second-order valence-electron chi connectivity index (χ2n) is 5.54. The van der Waals surface area contributed by atoms with E-state index in [2.05, 4.69) is 0 Å². The van der Waals surface area contributed by atoms with Crippen LogP contribution in [0.15, 0.2) is 82.1 Å². The third-order valence-corrected chi connectivity index (χ3v) is 3.99. The van der Waals surface area contributed by atoms with Gasteiger partial charge in [0.05, 0.1) is 5.39 Å². The zero-order chi connectivity index (χ0) is 15.8. The molecule has 0 atom stereocenters. The maximum atomic E-state index is 12.5. The van der Waals surface area contributed by atoms with Gasteiger partial charge in [-0.15, -0.1) is 0 Å². The Labute approximate surface area is 133 Å². The molecule has 0 radical (unpaired) electrons. The Hall–Kier alpha value is -3.07. The van der Waals surface area contributed by atoms with Gasteiger partial charge in [0.2, 0.25) is 0 Å². The lowest BCUT2D eigenvalue weighted by Gasteiger charge is -2.05. The van der Waals surface area contributed by atoms with Crippen LogP contribution in [0.25, 0.3) is 33.4 Å². The molecule has 2 heterocycles. The highest BCUT2D eigenvalue weighted by Crippen LogP contribution is 2.32. The number of hydrogen-bond acceptors (Lipinski definition) is 2. The largest absolute Gasteiger partial charge is 0.455 e. The Kier molecular flexibility index (Phi) is 3.12. The molecule has 0 saturated carbocycles. The lowest BCUT2D eigenvalue weighted by atomic mass is 10.1. The number of hydrogen-bond donors (Lipinski definition) is 0. The molecule has 0 N–H and O–H groups in total. The summed E-state index contributed by atoms with van der Waals surface area (Å²) in [6.45, 7) is 0. The highest BCUT2D eigenvalue weighted by molar-refractivity contribution is 5.94. The molecule has 4 aromatic rings. The molecule has 4 rings (SSSR count). The van der Waals surface area contributed by atoms with Gasteiger partial charge in [0, 0.05) is 24.4 Å². The van der Waals surface area contributed by atoms with Crippen molar-refractivity contribution in [2.24, 2.45) is 7.05 Å². The van der Waals surface area contributed by atoms with Crippen molar-refractivity contribution < 1.29 is 4.42 Å². The molecule has 0 unspecified atom stereocenters. The van der Waals surface area contributed by atoms with Crippen molar-refractivity contribution in [3.63, 3.8) is 0 Å². The van der Waals surface area contributed by atoms with Gasteiger partial charge >= 0.3 is 0 Å². The van der Waals surface area contributed by atoms with Crippen LogP contribution in [0, 0.1) is 0 Å². The molecule has 3 nitrogen and oxygen atoms in total. The molecule has 2 aromatic carbocycles. The van der Waals surface area contributed by atoms with Crippen LogP contribution in [0.4, 0.5) is 0 Å². The van der Waals surface area contributed by atoms with E-state index < -0.39 is 0 Å². The highest BCUT2D eigenvalue weighted by Gasteiger charge is 2.15. The van der Waals surface area contributed by atoms with Crippen LogP contribution in [-0.4, -0.2) is 4.57 Å². The Morgan fingerprint density at radius 2 is 1.48 bits per heavy atom. The Morgan fingerprint density at radius 3 is 2.13 bits per heavy atom. The Bertz CT molecular complexity index is 1030. The molecule has 0 aliphatic rings. The fourth-order valence-electron chi connectivity index (χ4n) is 2.82. The Morgan fingerprint density at radius 1 is 0.870 bits per heavy atom. The lowest BCUT2D eigenvalue weighted by Crippen LogP contribution is -2.15. The van der Waals surface area contributed by atoms with Crippen molar-refractivity contribution in [1.29, 1.82) is 0 Å². The maximum Gasteiger partial charge on any atom is 0.261 e. The Balaban J connectivity index is 2.04. The number of aromatic nitrogens is 1. The number of pyridine rings is 1. The summed E-state index contributed by atoms with van der Waals surface area (Å²) in [5.74, 6) is 0.709. The SMILES string of the molecule is Cn1cc(-c2ccccc2)c2oc(-c3ccccc3)cc2c1=O. The highest BCUT2D eigenvalue weighted by atomic mass is 16.3. The summed E-state index contributed by atoms with van der Waals surface area (Å²) in [7, 11) is 1.77. The molecule has 0 bridgehead atoms. The molecule has 2 aromatic heterocycles. The van der Waals surface area contributed by atoms with E-state index in [4.69, 9.17) is 4.42 Å². The first-order valence-electron chi connectivity index (χ1n) is 7.48. The number of benzene rings is 2. The first kappa shape index (κ1) is 13.6. The summed E-state index contributed by atoms with van der Waals surface area (Å²) in [6.07, 6.45) is 1.83. The minimum absolute atomic E-state index is 0.0504. The van der Waals surface area contributed by atoms with Gasteiger partial charge in [-0.3, -0.25) is 4.79 Å². The van der Waals surface area contributed by atoms with E-state index in [1.54, 1.807) is 11.6 Å². The number of furan rings is 1. The quantitative estimate of drug-likeness (QED) is 0.547. The van der Waals surface area contributed by atoms with E-state index in [0.717, 1.165) is 16.7 Å². The molecule has 112 valence electrons. The van der Waals surface area contributed by atoms with Crippen LogP contribution < -0.4 is 5.56 Å². The van der Waals surface area contributed by atoms with Crippen molar-refractivity contribution in [3.8, 4) is 22.5 Å². The summed E-state index contributed by atoms with van der Waals surface area (Å²) in [5, 5.41) is 0.604. The molecule has 0 spiro atoms. The monoisotopic (exact) mass is 301 g/mol. The first-order valence-corrected chi connectivity index (χ1v) is 7.48. The second kappa shape index (κ2) is 5.29. The van der Waals surface area contributed by atoms with E-state index in [-0.39, 0.29) is 5.56 Å². The van der Waals surface area contributed by atoms with E-state index in [0.29, 0.717) is 16.7 Å². The van der Waals surface area contributed by atoms with Gasteiger partial charge in [-0.25, -0.2) is 0 Å². The summed E-state index contributed by atoms with van der Waals surface area (Å²) in [5.41, 5.74) is 3.50. The van der Waals surface area contributed by atoms with Crippen molar-refractivity contribution in [2.45, 2.75) is 0 Å². The zero-order valence-corrected chi connectivity index (χ0v) is 12.7. The fourth-order valence-corrected chi connectivity index (χ4v) is 2.82. The zero-order valence-electron chi connectivity index (χ0n) is 12.7. The van der Waals surface area contributed by atoms with Gasteiger partial charge in [0.1, 0.15) is 11.3 Å². The van der Waals surface area contributed by atoms with Gasteiger partial charge in [-0.05, 0) is 11.6 Å². The normalized spacial score (nSPS) is 11.0. The topological polar surface area (TPSA) is 35.1 Å². The van der Waals surface area contributed by atoms with Crippen LogP contribution in [0.3, 0.4) is 0 Å². The average molecular weight is 301 g/mol. The molecule has 23 heavy (non-hydrogen) atoms. The molecule has 0 fully saturated rings. The van der Waals surface area contributed by atoms with Crippen molar-refractivity contribution in [3.05, 3.63) is 83.3 Å². The van der Waals surface area contributed by atoms with Gasteiger partial charge < -0.3 is 8.98 Å². The van der Waals surface area contributed by atoms with Gasteiger partial charge in [0.15, 0.2) is 0 Å². The van der Waals surface area contributed by atoms with Gasteiger partial charge in [-0.1, -0.05) is 60.7 Å². The minimum atomic E-state index is -0.0504. The first-order chi connectivity index (χ1) is 11.2. The third kappa shape index (κ3) is 2.27. The smallest absolute Gasteiger partial charge is 0.261 e. The third-order valence-electron chi connectivity index (χ3n) is 3.99. The van der Waals surface area contributed by atoms with Crippen molar-refractivity contribution >= 4 is 11.0 Å². The maximum absolute atomic E-state index is 12.5. The summed E-state index contributed by atoms with van der Waals surface area (Å²) in [6, 6.07) is 21.6. The fraction of sp³-hybridized carbons (Fsp3) is 0.0500. The van der Waals surface area contributed by atoms with Crippen LogP contribution >= 0.6 is 0 Å². The number of rotatable bonds is 2. The number of aryl methyl sites for hydroxylation is 1. The van der Waals surface area contributed by atoms with E-state index in [1.165, 1.54) is 0 Å². The van der Waals surface area contributed by atoms with E-state index in [1.807, 2.05) is 72.9 Å². The molecule has 0 saturated heterocycles. The average Bonchev–Trinajstić information content (AvgIpc) is 3.05. The molecule has 0 aliphatic carbocycles. The van der Waals surface area contributed by atoms with Gasteiger partial charge in [-0.2, -0.15) is 0 Å². The standard InChI is InChI=1S/C20H15NO2/c1-21-13-17(14-8-4-2-5-9-14)19-16(20(21)22)12-18(23-19)15-10-6-3-7-11-15/h2-13H,1H3. The second-order valence-corrected chi connectivity index (χ2v) is 5.54. The summed E-state index contributed by atoms with van der Waals surface area (Å²) in [4.78, 5) is 12.5. The molecule has 0 aliphatic heterocycles.